The summed E-state index contributed by atoms with van der Waals surface area (Å²) in [5, 5.41) is 0. The van der Waals surface area contributed by atoms with Gasteiger partial charge in [-0.3, -0.25) is 0 Å². The molecule has 25 heavy (non-hydrogen) atoms. The van der Waals surface area contributed by atoms with Crippen LogP contribution in [-0.4, -0.2) is 0 Å². The maximum absolute atomic E-state index is 3.79. The second kappa shape index (κ2) is 6.22. The number of allylic oxidation sites excluding steroid dienone is 4. The molecule has 0 amide bonds. The predicted molar refractivity (Wildman–Crippen MR) is 107 cm³/mol. The van der Waals surface area contributed by atoms with Crippen molar-refractivity contribution in [1.82, 2.24) is 0 Å². The zero-order valence-electron chi connectivity index (χ0n) is 14.7. The highest BCUT2D eigenvalue weighted by molar-refractivity contribution is 6.18. The molecule has 1 radical (unpaired) electrons. The highest BCUT2D eigenvalue weighted by Crippen LogP contribution is 2.52. The molecular weight excluding hydrogens is 300 g/mol. The first-order chi connectivity index (χ1) is 12.2. The minimum Gasteiger partial charge on any atom is -0.0622 e. The Bertz CT molecular complexity index is 927. The van der Waals surface area contributed by atoms with E-state index in [-0.39, 0.29) is 5.41 Å². The Labute approximate surface area is 150 Å². The third-order valence-corrected chi connectivity index (χ3v) is 4.75. The smallest absolute Gasteiger partial charge is 0.0168 e. The van der Waals surface area contributed by atoms with Gasteiger partial charge in [-0.1, -0.05) is 105 Å². The third-order valence-electron chi connectivity index (χ3n) is 4.75. The van der Waals surface area contributed by atoms with Gasteiger partial charge in [0.25, 0.3) is 0 Å². The Morgan fingerprint density at radius 1 is 0.560 bits per heavy atom. The maximum Gasteiger partial charge on any atom is 0.0168 e. The Morgan fingerprint density at radius 3 is 1.52 bits per heavy atom. The minimum absolute atomic E-state index is 0.141. The van der Waals surface area contributed by atoms with E-state index in [0.29, 0.717) is 0 Å². The molecule has 3 aromatic rings. The predicted octanol–water partition coefficient (Wildman–Crippen LogP) is 6.52. The van der Waals surface area contributed by atoms with E-state index < -0.39 is 0 Å². The van der Waals surface area contributed by atoms with Crippen LogP contribution in [0.1, 0.15) is 30.5 Å². The lowest BCUT2D eigenvalue weighted by Gasteiger charge is -2.22. The summed E-state index contributed by atoms with van der Waals surface area (Å²) in [5.41, 5.74) is 7.44. The Morgan fingerprint density at radius 2 is 1.00 bits per heavy atom. The van der Waals surface area contributed by atoms with Gasteiger partial charge < -0.3 is 0 Å². The molecule has 0 aromatic heterocycles. The molecular formula is C25H21. The SMILES string of the molecule is CC1(C)[C]=C(c2ccccc2)C(c2ccccc2)=C1c1ccccc1. The highest BCUT2D eigenvalue weighted by atomic mass is 14.4. The van der Waals surface area contributed by atoms with Crippen LogP contribution in [0.2, 0.25) is 0 Å². The van der Waals surface area contributed by atoms with E-state index in [0.717, 1.165) is 0 Å². The zero-order valence-corrected chi connectivity index (χ0v) is 14.7. The van der Waals surface area contributed by atoms with Gasteiger partial charge in [0.05, 0.1) is 0 Å². The first-order valence-corrected chi connectivity index (χ1v) is 8.73. The summed E-state index contributed by atoms with van der Waals surface area (Å²) in [6.07, 6.45) is 3.79. The highest BCUT2D eigenvalue weighted by Gasteiger charge is 2.35. The van der Waals surface area contributed by atoms with E-state index in [2.05, 4.69) is 111 Å². The average molecular weight is 321 g/mol. The van der Waals surface area contributed by atoms with Crippen molar-refractivity contribution < 1.29 is 0 Å². The molecule has 0 saturated heterocycles. The molecule has 0 unspecified atom stereocenters. The number of hydrogen-bond donors (Lipinski definition) is 0. The van der Waals surface area contributed by atoms with Crippen molar-refractivity contribution in [3.05, 3.63) is 114 Å². The van der Waals surface area contributed by atoms with Gasteiger partial charge in [-0.2, -0.15) is 0 Å². The van der Waals surface area contributed by atoms with Crippen molar-refractivity contribution in [2.75, 3.05) is 0 Å². The molecule has 0 heteroatoms. The summed E-state index contributed by atoms with van der Waals surface area (Å²) in [7, 11) is 0. The molecule has 0 fully saturated rings. The van der Waals surface area contributed by atoms with Gasteiger partial charge in [0, 0.05) is 5.41 Å². The number of hydrogen-bond acceptors (Lipinski definition) is 0. The van der Waals surface area contributed by atoms with E-state index in [1.165, 1.54) is 33.4 Å². The monoisotopic (exact) mass is 321 g/mol. The topological polar surface area (TPSA) is 0 Å². The van der Waals surface area contributed by atoms with Gasteiger partial charge in [-0.15, -0.1) is 0 Å². The molecule has 0 spiro atoms. The summed E-state index contributed by atoms with van der Waals surface area (Å²) < 4.78 is 0. The molecule has 0 nitrogen and oxygen atoms in total. The molecule has 0 atom stereocenters. The van der Waals surface area contributed by atoms with Crippen molar-refractivity contribution in [1.29, 1.82) is 0 Å². The van der Waals surface area contributed by atoms with Crippen LogP contribution >= 0.6 is 0 Å². The molecule has 0 aliphatic heterocycles. The van der Waals surface area contributed by atoms with Gasteiger partial charge in [0.1, 0.15) is 0 Å². The van der Waals surface area contributed by atoms with Crippen LogP contribution in [0.4, 0.5) is 0 Å². The normalized spacial score (nSPS) is 16.0. The first kappa shape index (κ1) is 15.7. The fourth-order valence-electron chi connectivity index (χ4n) is 3.70. The van der Waals surface area contributed by atoms with Gasteiger partial charge in [0.15, 0.2) is 0 Å². The van der Waals surface area contributed by atoms with Crippen molar-refractivity contribution in [3.63, 3.8) is 0 Å². The quantitative estimate of drug-likeness (QED) is 0.515. The summed E-state index contributed by atoms with van der Waals surface area (Å²) in [4.78, 5) is 0. The van der Waals surface area contributed by atoms with Gasteiger partial charge in [-0.05, 0) is 39.5 Å². The third kappa shape index (κ3) is 2.85. The lowest BCUT2D eigenvalue weighted by Crippen LogP contribution is -2.08. The van der Waals surface area contributed by atoms with Crippen molar-refractivity contribution in [2.24, 2.45) is 5.41 Å². The first-order valence-electron chi connectivity index (χ1n) is 8.73. The average Bonchev–Trinajstić information content (AvgIpc) is 2.95. The number of rotatable bonds is 3. The van der Waals surface area contributed by atoms with E-state index in [9.17, 15) is 0 Å². The van der Waals surface area contributed by atoms with Gasteiger partial charge in [-0.25, -0.2) is 0 Å². The van der Waals surface area contributed by atoms with Crippen LogP contribution in [0.25, 0.3) is 16.7 Å². The van der Waals surface area contributed by atoms with E-state index >= 15 is 0 Å². The summed E-state index contributed by atoms with van der Waals surface area (Å²) in [6.45, 7) is 4.52. The van der Waals surface area contributed by atoms with Crippen molar-refractivity contribution in [3.8, 4) is 0 Å². The van der Waals surface area contributed by atoms with E-state index in [4.69, 9.17) is 0 Å². The van der Waals surface area contributed by atoms with Crippen LogP contribution in [0.5, 0.6) is 0 Å². The van der Waals surface area contributed by atoms with Crippen molar-refractivity contribution in [2.45, 2.75) is 13.8 Å². The van der Waals surface area contributed by atoms with E-state index in [1.54, 1.807) is 0 Å². The fraction of sp³-hybridized carbons (Fsp3) is 0.120. The zero-order chi connectivity index (χ0) is 17.3. The molecule has 0 N–H and O–H groups in total. The second-order valence-electron chi connectivity index (χ2n) is 6.97. The lowest BCUT2D eigenvalue weighted by molar-refractivity contribution is 0.639. The molecule has 0 saturated carbocycles. The Balaban J connectivity index is 2.01. The molecule has 1 aliphatic carbocycles. The molecule has 1 aliphatic rings. The summed E-state index contributed by atoms with van der Waals surface area (Å²) in [6, 6.07) is 32.0. The lowest BCUT2D eigenvalue weighted by atomic mass is 9.81. The maximum atomic E-state index is 3.79. The fourth-order valence-corrected chi connectivity index (χ4v) is 3.70. The van der Waals surface area contributed by atoms with E-state index in [1.807, 2.05) is 0 Å². The largest absolute Gasteiger partial charge is 0.0622 e. The van der Waals surface area contributed by atoms with Crippen LogP contribution in [0, 0.1) is 11.5 Å². The Kier molecular flexibility index (Phi) is 3.89. The molecule has 4 rings (SSSR count). The number of benzene rings is 3. The molecule has 0 bridgehead atoms. The summed E-state index contributed by atoms with van der Waals surface area (Å²) in [5.74, 6) is 0. The Hall–Kier alpha value is -2.86. The van der Waals surface area contributed by atoms with Crippen LogP contribution in [0.15, 0.2) is 91.0 Å². The molecule has 0 heterocycles. The van der Waals surface area contributed by atoms with Crippen LogP contribution in [-0.2, 0) is 0 Å². The molecule has 121 valence electrons. The standard InChI is InChI=1S/C25H21/c1-25(2)18-22(19-12-6-3-7-13-19)23(20-14-8-4-9-15-20)24(25)21-16-10-5-11-17-21/h3-17H,1-2H3. The second-order valence-corrected chi connectivity index (χ2v) is 6.97. The summed E-state index contributed by atoms with van der Waals surface area (Å²) >= 11 is 0. The van der Waals surface area contributed by atoms with Crippen LogP contribution in [0.3, 0.4) is 0 Å². The van der Waals surface area contributed by atoms with Gasteiger partial charge in [0.2, 0.25) is 0 Å². The van der Waals surface area contributed by atoms with Crippen LogP contribution < -0.4 is 0 Å². The van der Waals surface area contributed by atoms with Gasteiger partial charge >= 0.3 is 0 Å². The molecule has 3 aromatic carbocycles. The van der Waals surface area contributed by atoms with Crippen molar-refractivity contribution >= 4 is 16.7 Å². The minimum atomic E-state index is -0.141.